The predicted molar refractivity (Wildman–Crippen MR) is 245 cm³/mol. The van der Waals surface area contributed by atoms with Crippen molar-refractivity contribution in [1.29, 1.82) is 0 Å². The Kier molecular flexibility index (Phi) is 30.4. The van der Waals surface area contributed by atoms with Crippen LogP contribution in [-0.2, 0) is 33.3 Å². The highest BCUT2D eigenvalue weighted by Crippen LogP contribution is 2.21. The van der Waals surface area contributed by atoms with Crippen LogP contribution in [0, 0.1) is 0 Å². The topological polar surface area (TPSA) is 170 Å². The van der Waals surface area contributed by atoms with Crippen molar-refractivity contribution in [2.45, 2.75) is 129 Å². The van der Waals surface area contributed by atoms with Gasteiger partial charge in [-0.25, -0.2) is 14.4 Å². The molecule has 0 spiro atoms. The highest BCUT2D eigenvalue weighted by Gasteiger charge is 2.12. The van der Waals surface area contributed by atoms with Crippen molar-refractivity contribution in [1.82, 2.24) is 0 Å². The second-order valence-electron chi connectivity index (χ2n) is 15.1. The number of aromatic hydroxyl groups is 1. The third-order valence-electron chi connectivity index (χ3n) is 9.68. The number of methoxy groups -OCH3 is 1. The average molecular weight is 891 g/mol. The van der Waals surface area contributed by atoms with E-state index >= 15 is 0 Å². The third kappa shape index (κ3) is 27.4. The number of carbonyl (C=O) groups is 5. The molecule has 64 heavy (non-hydrogen) atoms. The van der Waals surface area contributed by atoms with E-state index in [1.165, 1.54) is 73.9 Å². The second kappa shape index (κ2) is 35.7. The first-order chi connectivity index (χ1) is 31.1. The van der Waals surface area contributed by atoms with E-state index in [0.29, 0.717) is 67.6 Å². The maximum Gasteiger partial charge on any atom is 0.343 e. The summed E-state index contributed by atoms with van der Waals surface area (Å²) in [5, 5.41) is 9.32. The van der Waals surface area contributed by atoms with Crippen molar-refractivity contribution in [3.8, 4) is 23.0 Å². The van der Waals surface area contributed by atoms with Gasteiger partial charge in [0.05, 0.1) is 37.6 Å². The van der Waals surface area contributed by atoms with E-state index in [2.05, 4.69) is 13.5 Å². The lowest BCUT2D eigenvalue weighted by Gasteiger charge is -2.08. The van der Waals surface area contributed by atoms with Crippen molar-refractivity contribution in [2.24, 2.45) is 0 Å². The minimum atomic E-state index is -0.567. The molecular weight excluding hydrogens is 821 g/mol. The largest absolute Gasteiger partial charge is 0.508 e. The van der Waals surface area contributed by atoms with E-state index in [9.17, 15) is 29.1 Å². The highest BCUT2D eigenvalue weighted by atomic mass is 16.6. The van der Waals surface area contributed by atoms with Crippen molar-refractivity contribution in [2.75, 3.05) is 40.1 Å². The molecule has 13 heteroatoms. The zero-order valence-electron chi connectivity index (χ0n) is 38.0. The maximum absolute atomic E-state index is 12.5. The molecule has 0 aromatic heterocycles. The minimum Gasteiger partial charge on any atom is -0.508 e. The van der Waals surface area contributed by atoms with E-state index in [4.69, 9.17) is 33.2 Å². The molecule has 0 bridgehead atoms. The smallest absolute Gasteiger partial charge is 0.343 e. The monoisotopic (exact) mass is 890 g/mol. The lowest BCUT2D eigenvalue weighted by molar-refractivity contribution is -0.145. The number of benzene rings is 3. The maximum atomic E-state index is 12.5. The number of carbonyl (C=O) groups excluding carboxylic acids is 5. The van der Waals surface area contributed by atoms with Crippen LogP contribution in [0.2, 0.25) is 0 Å². The Morgan fingerprint density at radius 2 is 0.875 bits per heavy atom. The van der Waals surface area contributed by atoms with Gasteiger partial charge in [0.25, 0.3) is 0 Å². The van der Waals surface area contributed by atoms with Gasteiger partial charge in [-0.05, 0) is 124 Å². The molecule has 0 radical (unpaired) electrons. The number of ether oxygens (including phenoxy) is 7. The number of esters is 5. The van der Waals surface area contributed by atoms with Gasteiger partial charge in [-0.2, -0.15) is 0 Å². The molecule has 0 amide bonds. The van der Waals surface area contributed by atoms with Crippen LogP contribution in [-0.4, -0.2) is 75.1 Å². The molecular formula is C51H70O13. The Bertz CT molecular complexity index is 1740. The summed E-state index contributed by atoms with van der Waals surface area (Å²) >= 11 is 0. The van der Waals surface area contributed by atoms with Crippen LogP contribution in [0.5, 0.6) is 23.0 Å². The summed E-state index contributed by atoms with van der Waals surface area (Å²) in [6.45, 7) is 8.28. The number of hydrogen-bond donors (Lipinski definition) is 1. The summed E-state index contributed by atoms with van der Waals surface area (Å²) in [7, 11) is 1.73. The first kappa shape index (κ1) is 54.4. The van der Waals surface area contributed by atoms with Gasteiger partial charge in [0.2, 0.25) is 0 Å². The lowest BCUT2D eigenvalue weighted by Crippen LogP contribution is -2.09. The Hall–Kier alpha value is -5.69. The van der Waals surface area contributed by atoms with Gasteiger partial charge in [0, 0.05) is 32.6 Å². The zero-order valence-corrected chi connectivity index (χ0v) is 38.0. The number of rotatable bonds is 33. The van der Waals surface area contributed by atoms with Crippen LogP contribution in [0.15, 0.2) is 85.5 Å². The summed E-state index contributed by atoms with van der Waals surface area (Å²) in [6, 6.07) is 18.6. The van der Waals surface area contributed by atoms with Crippen molar-refractivity contribution >= 4 is 29.8 Å². The fourth-order valence-corrected chi connectivity index (χ4v) is 5.97. The highest BCUT2D eigenvalue weighted by molar-refractivity contribution is 5.92. The van der Waals surface area contributed by atoms with Gasteiger partial charge in [-0.1, -0.05) is 71.3 Å². The molecule has 0 atom stereocenters. The number of phenolic OH excluding ortho intramolecular Hbond substituents is 1. The van der Waals surface area contributed by atoms with E-state index in [0.717, 1.165) is 96.5 Å². The third-order valence-corrected chi connectivity index (χ3v) is 9.68. The molecule has 0 aliphatic rings. The molecule has 3 aromatic rings. The van der Waals surface area contributed by atoms with Gasteiger partial charge in [0.15, 0.2) is 0 Å². The Morgan fingerprint density at radius 3 is 1.34 bits per heavy atom. The quantitative estimate of drug-likeness (QED) is 0.0202. The molecule has 0 aliphatic heterocycles. The average Bonchev–Trinajstić information content (AvgIpc) is 3.30. The van der Waals surface area contributed by atoms with E-state index in [1.54, 1.807) is 31.4 Å². The molecule has 0 aliphatic carbocycles. The molecule has 1 N–H and O–H groups in total. The van der Waals surface area contributed by atoms with Gasteiger partial charge < -0.3 is 38.3 Å². The first-order valence-electron chi connectivity index (χ1n) is 22.8. The molecule has 13 nitrogen and oxygen atoms in total. The Morgan fingerprint density at radius 1 is 0.484 bits per heavy atom. The fourth-order valence-electron chi connectivity index (χ4n) is 5.97. The van der Waals surface area contributed by atoms with Crippen molar-refractivity contribution in [3.05, 3.63) is 96.6 Å². The minimum absolute atomic E-state index is 0.0569. The first-order valence-corrected chi connectivity index (χ1v) is 22.8. The molecule has 0 heterocycles. The van der Waals surface area contributed by atoms with Crippen molar-refractivity contribution < 1.29 is 62.2 Å². The summed E-state index contributed by atoms with van der Waals surface area (Å²) in [5.41, 5.74) is 0.678. The van der Waals surface area contributed by atoms with Crippen LogP contribution in [0.4, 0.5) is 0 Å². The molecule has 3 aromatic carbocycles. The number of unbranched alkanes of at least 4 members (excludes halogenated alkanes) is 13. The molecule has 0 fully saturated rings. The SMILES string of the molecule is C=CC(=O)OCCCCCCCCOc1ccc(C(=O)Oc2ccc(OC(=O)c3ccc(O)cc3)cc2)cc1.CCCCC(=O)OCCCCCC(=O)OCCCCCCCCOC. The van der Waals surface area contributed by atoms with Crippen LogP contribution < -0.4 is 14.2 Å². The van der Waals surface area contributed by atoms with Crippen LogP contribution >= 0.6 is 0 Å². The number of phenols is 1. The van der Waals surface area contributed by atoms with E-state index in [1.807, 2.05) is 0 Å². The van der Waals surface area contributed by atoms with Crippen LogP contribution in [0.3, 0.4) is 0 Å². The van der Waals surface area contributed by atoms with Crippen molar-refractivity contribution in [3.63, 3.8) is 0 Å². The lowest BCUT2D eigenvalue weighted by atomic mass is 10.1. The molecule has 0 unspecified atom stereocenters. The van der Waals surface area contributed by atoms with Gasteiger partial charge in [-0.15, -0.1) is 0 Å². The summed E-state index contributed by atoms with van der Waals surface area (Å²) in [4.78, 5) is 58.5. The van der Waals surface area contributed by atoms with E-state index < -0.39 is 11.9 Å². The Balaban J connectivity index is 0.000000489. The number of hydrogen-bond acceptors (Lipinski definition) is 13. The zero-order chi connectivity index (χ0) is 46.5. The van der Waals surface area contributed by atoms with Gasteiger partial charge in [0.1, 0.15) is 23.0 Å². The summed E-state index contributed by atoms with van der Waals surface area (Å²) in [5.74, 6) is -0.352. The molecule has 0 saturated carbocycles. The van der Waals surface area contributed by atoms with E-state index in [-0.39, 0.29) is 23.7 Å². The van der Waals surface area contributed by atoms with Crippen LogP contribution in [0.1, 0.15) is 150 Å². The molecule has 3 rings (SSSR count). The standard InChI is InChI=1S/C31H32O8.C20H38O5/c1-2-29(33)37-22-8-6-4-3-5-7-21-36-26-15-11-24(12-16-26)31(35)39-28-19-17-27(18-20-28)38-30(34)23-9-13-25(32)14-10-23;1-3-4-14-19(21)24-18-13-9-10-15-20(22)25-17-12-8-6-5-7-11-16-23-2/h2,9-20,32H,1,3-8,21-22H2;3-18H2,1-2H3. The summed E-state index contributed by atoms with van der Waals surface area (Å²) < 4.78 is 36.8. The molecule has 352 valence electrons. The second-order valence-corrected chi connectivity index (χ2v) is 15.1. The normalized spacial score (nSPS) is 10.5. The van der Waals surface area contributed by atoms with Gasteiger partial charge in [-0.3, -0.25) is 9.59 Å². The van der Waals surface area contributed by atoms with Crippen LogP contribution in [0.25, 0.3) is 0 Å². The summed E-state index contributed by atoms with van der Waals surface area (Å²) in [6.07, 6.45) is 19.4. The Labute approximate surface area is 379 Å². The fraction of sp³-hybridized carbons (Fsp3) is 0.510. The van der Waals surface area contributed by atoms with Gasteiger partial charge >= 0.3 is 29.8 Å². The molecule has 0 saturated heterocycles. The predicted octanol–water partition coefficient (Wildman–Crippen LogP) is 11.1.